The second-order valence-corrected chi connectivity index (χ2v) is 8.58. The number of hydrogen-bond acceptors (Lipinski definition) is 3. The van der Waals surface area contributed by atoms with Crippen molar-refractivity contribution in [3.05, 3.63) is 63.1 Å². The van der Waals surface area contributed by atoms with Crippen LogP contribution in [0.3, 0.4) is 0 Å². The summed E-state index contributed by atoms with van der Waals surface area (Å²) in [5.41, 5.74) is 1.89. The lowest BCUT2D eigenvalue weighted by Crippen LogP contribution is -2.40. The van der Waals surface area contributed by atoms with E-state index in [4.69, 9.17) is 51.8 Å². The molecule has 0 spiro atoms. The predicted octanol–water partition coefficient (Wildman–Crippen LogP) is 5.57. The SMILES string of the molecule is S=C(Nc1ccc(Cl)cc1Cl)N(CCCN1CCOCC1)Cc1ccc(Cl)cc1. The summed E-state index contributed by atoms with van der Waals surface area (Å²) in [4.78, 5) is 4.58. The number of thiocarbonyl (C=S) groups is 1. The molecule has 4 nitrogen and oxygen atoms in total. The molecule has 0 unspecified atom stereocenters. The van der Waals surface area contributed by atoms with Crippen molar-refractivity contribution in [1.82, 2.24) is 9.80 Å². The van der Waals surface area contributed by atoms with E-state index in [0.29, 0.717) is 21.7 Å². The molecule has 29 heavy (non-hydrogen) atoms. The van der Waals surface area contributed by atoms with Gasteiger partial charge in [-0.25, -0.2) is 0 Å². The van der Waals surface area contributed by atoms with Gasteiger partial charge in [0.15, 0.2) is 5.11 Å². The fourth-order valence-electron chi connectivity index (χ4n) is 3.16. The van der Waals surface area contributed by atoms with E-state index in [-0.39, 0.29) is 0 Å². The van der Waals surface area contributed by atoms with Gasteiger partial charge >= 0.3 is 0 Å². The molecule has 0 radical (unpaired) electrons. The molecule has 0 amide bonds. The number of nitrogens with one attached hydrogen (secondary N) is 1. The Hall–Kier alpha value is -1.08. The number of benzene rings is 2. The standard InChI is InChI=1S/C21H24Cl3N3OS/c22-17-4-2-16(3-5-17)15-27(9-1-8-26-10-12-28-13-11-26)21(29)25-20-7-6-18(23)14-19(20)24/h2-7,14H,1,8-13,15H2,(H,25,29). The van der Waals surface area contributed by atoms with Crippen LogP contribution < -0.4 is 5.32 Å². The van der Waals surface area contributed by atoms with Gasteiger partial charge in [0.2, 0.25) is 0 Å². The van der Waals surface area contributed by atoms with Crippen LogP contribution in [-0.4, -0.2) is 54.3 Å². The lowest BCUT2D eigenvalue weighted by Gasteiger charge is -2.30. The van der Waals surface area contributed by atoms with Crippen LogP contribution in [0, 0.1) is 0 Å². The lowest BCUT2D eigenvalue weighted by atomic mass is 10.2. The van der Waals surface area contributed by atoms with Gasteiger partial charge in [-0.15, -0.1) is 0 Å². The van der Waals surface area contributed by atoms with Crippen molar-refractivity contribution in [2.24, 2.45) is 0 Å². The Morgan fingerprint density at radius 1 is 1.03 bits per heavy atom. The van der Waals surface area contributed by atoms with Gasteiger partial charge in [-0.05, 0) is 54.5 Å². The number of halogens is 3. The van der Waals surface area contributed by atoms with Crippen LogP contribution in [0.1, 0.15) is 12.0 Å². The highest BCUT2D eigenvalue weighted by Gasteiger charge is 2.15. The summed E-state index contributed by atoms with van der Waals surface area (Å²) >= 11 is 24.0. The number of anilines is 1. The molecule has 1 aliphatic rings. The second-order valence-electron chi connectivity index (χ2n) is 6.91. The molecule has 0 atom stereocenters. The van der Waals surface area contributed by atoms with Gasteiger partial charge in [-0.3, -0.25) is 4.90 Å². The molecule has 1 aliphatic heterocycles. The van der Waals surface area contributed by atoms with Crippen LogP contribution in [0.15, 0.2) is 42.5 Å². The maximum Gasteiger partial charge on any atom is 0.173 e. The van der Waals surface area contributed by atoms with Crippen molar-refractivity contribution < 1.29 is 4.74 Å². The average Bonchev–Trinajstić information content (AvgIpc) is 2.71. The molecule has 1 saturated heterocycles. The Labute approximate surface area is 192 Å². The van der Waals surface area contributed by atoms with E-state index in [1.165, 1.54) is 0 Å². The topological polar surface area (TPSA) is 27.7 Å². The van der Waals surface area contributed by atoms with Gasteiger partial charge < -0.3 is 15.0 Å². The number of rotatable bonds is 7. The zero-order valence-corrected chi connectivity index (χ0v) is 19.1. The maximum atomic E-state index is 6.30. The van der Waals surface area contributed by atoms with Gasteiger partial charge in [0.25, 0.3) is 0 Å². The van der Waals surface area contributed by atoms with Crippen molar-refractivity contribution >= 4 is 57.8 Å². The molecule has 1 heterocycles. The number of ether oxygens (including phenoxy) is 1. The highest BCUT2D eigenvalue weighted by molar-refractivity contribution is 7.80. The summed E-state index contributed by atoms with van der Waals surface area (Å²) in [6, 6.07) is 13.2. The summed E-state index contributed by atoms with van der Waals surface area (Å²) in [5.74, 6) is 0. The van der Waals surface area contributed by atoms with Crippen LogP contribution in [0.4, 0.5) is 5.69 Å². The number of morpholine rings is 1. The average molecular weight is 473 g/mol. The first-order chi connectivity index (χ1) is 14.0. The van der Waals surface area contributed by atoms with E-state index in [1.807, 2.05) is 30.3 Å². The predicted molar refractivity (Wildman–Crippen MR) is 126 cm³/mol. The molecule has 3 rings (SSSR count). The summed E-state index contributed by atoms with van der Waals surface area (Å²) in [6.07, 6.45) is 1.00. The molecule has 1 N–H and O–H groups in total. The molecule has 2 aromatic carbocycles. The van der Waals surface area contributed by atoms with Crippen LogP contribution in [-0.2, 0) is 11.3 Å². The third kappa shape index (κ3) is 7.28. The smallest absolute Gasteiger partial charge is 0.173 e. The monoisotopic (exact) mass is 471 g/mol. The molecule has 1 fully saturated rings. The van der Waals surface area contributed by atoms with E-state index in [2.05, 4.69) is 15.1 Å². The summed E-state index contributed by atoms with van der Waals surface area (Å²) in [5, 5.41) is 5.75. The highest BCUT2D eigenvalue weighted by Crippen LogP contribution is 2.26. The largest absolute Gasteiger partial charge is 0.379 e. The van der Waals surface area contributed by atoms with E-state index in [1.54, 1.807) is 12.1 Å². The Morgan fingerprint density at radius 2 is 1.72 bits per heavy atom. The first kappa shape index (κ1) is 22.6. The van der Waals surface area contributed by atoms with Gasteiger partial charge in [-0.1, -0.05) is 46.9 Å². The minimum absolute atomic E-state index is 0.541. The van der Waals surface area contributed by atoms with Crippen molar-refractivity contribution in [2.75, 3.05) is 44.7 Å². The van der Waals surface area contributed by atoms with E-state index in [9.17, 15) is 0 Å². The lowest BCUT2D eigenvalue weighted by molar-refractivity contribution is 0.0368. The quantitative estimate of drug-likeness (QED) is 0.532. The van der Waals surface area contributed by atoms with Crippen LogP contribution in [0.2, 0.25) is 15.1 Å². The van der Waals surface area contributed by atoms with Crippen molar-refractivity contribution in [2.45, 2.75) is 13.0 Å². The van der Waals surface area contributed by atoms with Crippen molar-refractivity contribution in [1.29, 1.82) is 0 Å². The molecular weight excluding hydrogens is 449 g/mol. The normalized spacial score (nSPS) is 14.6. The van der Waals surface area contributed by atoms with Crippen molar-refractivity contribution in [3.63, 3.8) is 0 Å². The van der Waals surface area contributed by atoms with E-state index < -0.39 is 0 Å². The molecule has 0 saturated carbocycles. The third-order valence-electron chi connectivity index (χ3n) is 4.75. The van der Waals surface area contributed by atoms with Gasteiger partial charge in [-0.2, -0.15) is 0 Å². The maximum absolute atomic E-state index is 6.30. The zero-order valence-electron chi connectivity index (χ0n) is 16.0. The molecule has 156 valence electrons. The van der Waals surface area contributed by atoms with E-state index >= 15 is 0 Å². The fourth-order valence-corrected chi connectivity index (χ4v) is 4.01. The Bertz CT molecular complexity index is 813. The Balaban J connectivity index is 1.64. The highest BCUT2D eigenvalue weighted by atomic mass is 35.5. The van der Waals surface area contributed by atoms with Crippen LogP contribution in [0.5, 0.6) is 0 Å². The molecule has 0 bridgehead atoms. The van der Waals surface area contributed by atoms with Gasteiger partial charge in [0, 0.05) is 42.8 Å². The number of nitrogens with zero attached hydrogens (tertiary/aromatic N) is 2. The Morgan fingerprint density at radius 3 is 2.41 bits per heavy atom. The second kappa shape index (κ2) is 11.3. The molecule has 2 aromatic rings. The third-order valence-corrected chi connectivity index (χ3v) is 5.91. The van der Waals surface area contributed by atoms with Crippen LogP contribution in [0.25, 0.3) is 0 Å². The van der Waals surface area contributed by atoms with Crippen LogP contribution >= 0.6 is 47.0 Å². The summed E-state index contributed by atoms with van der Waals surface area (Å²) in [6.45, 7) is 6.13. The molecule has 8 heteroatoms. The molecular formula is C21H24Cl3N3OS. The van der Waals surface area contributed by atoms with Gasteiger partial charge in [0.1, 0.15) is 0 Å². The van der Waals surface area contributed by atoms with E-state index in [0.717, 1.165) is 62.1 Å². The zero-order chi connectivity index (χ0) is 20.6. The van der Waals surface area contributed by atoms with Crippen molar-refractivity contribution in [3.8, 4) is 0 Å². The Kier molecular flexibility index (Phi) is 8.85. The number of hydrogen-bond donors (Lipinski definition) is 1. The fraction of sp³-hybridized carbons (Fsp3) is 0.381. The summed E-state index contributed by atoms with van der Waals surface area (Å²) < 4.78 is 5.42. The minimum Gasteiger partial charge on any atom is -0.379 e. The van der Waals surface area contributed by atoms with Gasteiger partial charge in [0.05, 0.1) is 23.9 Å². The minimum atomic E-state index is 0.541. The first-order valence-corrected chi connectivity index (χ1v) is 11.1. The molecule has 0 aromatic heterocycles. The summed E-state index contributed by atoms with van der Waals surface area (Å²) in [7, 11) is 0. The molecule has 0 aliphatic carbocycles. The first-order valence-electron chi connectivity index (χ1n) is 9.57.